The average Bonchev–Trinajstić information content (AvgIpc) is 3.18. The van der Waals surface area contributed by atoms with E-state index in [0.717, 1.165) is 52.7 Å². The number of anilines is 1. The molecule has 0 saturated carbocycles. The minimum absolute atomic E-state index is 0.0849. The van der Waals surface area contributed by atoms with Crippen LogP contribution in [-0.2, 0) is 6.18 Å². The van der Waals surface area contributed by atoms with Crippen LogP contribution >= 0.6 is 11.3 Å². The molecule has 3 heterocycles. The fourth-order valence-corrected chi connectivity index (χ4v) is 4.49. The quantitative estimate of drug-likeness (QED) is 0.622. The van der Waals surface area contributed by atoms with Crippen molar-refractivity contribution in [3.8, 4) is 6.07 Å². The summed E-state index contributed by atoms with van der Waals surface area (Å²) in [5, 5.41) is 12.0. The number of alkyl halides is 3. The minimum Gasteiger partial charge on any atom is -0.369 e. The highest BCUT2D eigenvalue weighted by Crippen LogP contribution is 2.38. The first kappa shape index (κ1) is 17.7. The number of benzene rings is 1. The molecule has 1 saturated heterocycles. The van der Waals surface area contributed by atoms with Gasteiger partial charge >= 0.3 is 6.18 Å². The third-order valence-electron chi connectivity index (χ3n) is 4.77. The van der Waals surface area contributed by atoms with Gasteiger partial charge in [0.1, 0.15) is 6.07 Å². The maximum Gasteiger partial charge on any atom is 0.434 e. The molecule has 0 spiro atoms. The van der Waals surface area contributed by atoms with Gasteiger partial charge in [-0.2, -0.15) is 18.4 Å². The van der Waals surface area contributed by atoms with Gasteiger partial charge in [-0.3, -0.25) is 4.98 Å². The summed E-state index contributed by atoms with van der Waals surface area (Å²) in [4.78, 5) is 10.2. The van der Waals surface area contributed by atoms with E-state index in [1.54, 1.807) is 6.20 Å². The number of thiazole rings is 1. The highest BCUT2D eigenvalue weighted by molar-refractivity contribution is 7.09. The molecule has 4 rings (SSSR count). The van der Waals surface area contributed by atoms with Crippen molar-refractivity contribution in [2.45, 2.75) is 24.9 Å². The van der Waals surface area contributed by atoms with Gasteiger partial charge in [0.05, 0.1) is 21.8 Å². The first-order valence-electron chi connectivity index (χ1n) is 8.53. The normalized spacial score (nSPS) is 17.9. The molecule has 27 heavy (non-hydrogen) atoms. The van der Waals surface area contributed by atoms with Crippen LogP contribution in [0.15, 0.2) is 35.8 Å². The van der Waals surface area contributed by atoms with Crippen LogP contribution < -0.4 is 4.90 Å². The summed E-state index contributed by atoms with van der Waals surface area (Å²) in [6.07, 6.45) is -1.25. The van der Waals surface area contributed by atoms with Crippen LogP contribution in [0.1, 0.15) is 35.0 Å². The van der Waals surface area contributed by atoms with Crippen LogP contribution in [0, 0.1) is 11.3 Å². The highest BCUT2D eigenvalue weighted by atomic mass is 32.1. The molecule has 1 unspecified atom stereocenters. The molecule has 0 radical (unpaired) electrons. The van der Waals surface area contributed by atoms with E-state index in [9.17, 15) is 18.4 Å². The molecular weight excluding hydrogens is 373 g/mol. The van der Waals surface area contributed by atoms with Gasteiger partial charge in [0.25, 0.3) is 0 Å². The van der Waals surface area contributed by atoms with Crippen molar-refractivity contribution in [1.82, 2.24) is 9.97 Å². The zero-order valence-electron chi connectivity index (χ0n) is 14.2. The Hall–Kier alpha value is -2.66. The van der Waals surface area contributed by atoms with Gasteiger partial charge in [-0.05, 0) is 18.9 Å². The fraction of sp³-hybridized carbons (Fsp3) is 0.316. The maximum absolute atomic E-state index is 12.9. The molecule has 1 atom stereocenters. The lowest BCUT2D eigenvalue weighted by atomic mass is 9.96. The first-order valence-corrected chi connectivity index (χ1v) is 9.40. The number of aromatic nitrogens is 2. The van der Waals surface area contributed by atoms with E-state index in [1.807, 2.05) is 24.3 Å². The summed E-state index contributed by atoms with van der Waals surface area (Å²) in [6.45, 7) is 1.28. The van der Waals surface area contributed by atoms with Crippen molar-refractivity contribution >= 4 is 27.9 Å². The monoisotopic (exact) mass is 388 g/mol. The van der Waals surface area contributed by atoms with E-state index in [-0.39, 0.29) is 5.92 Å². The van der Waals surface area contributed by atoms with E-state index in [0.29, 0.717) is 17.1 Å². The van der Waals surface area contributed by atoms with Gasteiger partial charge in [0.15, 0.2) is 5.69 Å². The van der Waals surface area contributed by atoms with Gasteiger partial charge in [0.2, 0.25) is 0 Å². The molecule has 0 bridgehead atoms. The van der Waals surface area contributed by atoms with E-state index >= 15 is 0 Å². The van der Waals surface area contributed by atoms with E-state index in [4.69, 9.17) is 0 Å². The lowest BCUT2D eigenvalue weighted by molar-refractivity contribution is -0.140. The van der Waals surface area contributed by atoms with Gasteiger partial charge in [-0.25, -0.2) is 4.98 Å². The Kier molecular flexibility index (Phi) is 4.48. The number of hydrogen-bond donors (Lipinski definition) is 0. The zero-order valence-corrected chi connectivity index (χ0v) is 15.0. The van der Waals surface area contributed by atoms with Crippen LogP contribution in [0.25, 0.3) is 10.9 Å². The van der Waals surface area contributed by atoms with Crippen LogP contribution in [0.4, 0.5) is 18.9 Å². The maximum atomic E-state index is 12.9. The number of halogens is 3. The second-order valence-corrected chi connectivity index (χ2v) is 7.39. The molecule has 1 aromatic carbocycles. The topological polar surface area (TPSA) is 52.8 Å². The number of nitrogens with zero attached hydrogens (tertiary/aromatic N) is 4. The Morgan fingerprint density at radius 3 is 2.81 bits per heavy atom. The molecule has 3 aromatic rings. The summed E-state index contributed by atoms with van der Waals surface area (Å²) in [7, 11) is 0. The summed E-state index contributed by atoms with van der Waals surface area (Å²) in [5.41, 5.74) is 1.25. The van der Waals surface area contributed by atoms with Crippen molar-refractivity contribution in [1.29, 1.82) is 5.26 Å². The Balaban J connectivity index is 1.69. The number of pyridine rings is 1. The van der Waals surface area contributed by atoms with Crippen LogP contribution in [0.5, 0.6) is 0 Å². The van der Waals surface area contributed by atoms with E-state index in [2.05, 4.69) is 20.9 Å². The summed E-state index contributed by atoms with van der Waals surface area (Å²) < 4.78 is 38.6. The summed E-state index contributed by atoms with van der Waals surface area (Å²) in [6, 6.07) is 9.79. The first-order chi connectivity index (χ1) is 13.0. The number of fused-ring (bicyclic) bond motifs is 1. The molecule has 2 aromatic heterocycles. The second-order valence-electron chi connectivity index (χ2n) is 6.50. The van der Waals surface area contributed by atoms with Gasteiger partial charge < -0.3 is 4.90 Å². The number of hydrogen-bond acceptors (Lipinski definition) is 5. The van der Waals surface area contributed by atoms with Gasteiger partial charge in [-0.1, -0.05) is 18.2 Å². The van der Waals surface area contributed by atoms with E-state index in [1.165, 1.54) is 0 Å². The Labute approximate surface area is 157 Å². The van der Waals surface area contributed by atoms with Crippen LogP contribution in [0.3, 0.4) is 0 Å². The SMILES string of the molecule is N#Cc1cnc2ccccc2c1N1CCCC(c2nc(C(F)(F)F)cs2)C1. The molecule has 8 heteroatoms. The molecular formula is C19H15F3N4S. The van der Waals surface area contributed by atoms with Gasteiger partial charge in [0, 0.05) is 36.0 Å². The predicted molar refractivity (Wildman–Crippen MR) is 97.8 cm³/mol. The molecule has 0 amide bonds. The molecule has 138 valence electrons. The Morgan fingerprint density at radius 2 is 2.07 bits per heavy atom. The van der Waals surface area contributed by atoms with Crippen LogP contribution in [0.2, 0.25) is 0 Å². The molecule has 1 aliphatic heterocycles. The van der Waals surface area contributed by atoms with Crippen LogP contribution in [-0.4, -0.2) is 23.1 Å². The zero-order chi connectivity index (χ0) is 19.0. The number of nitriles is 1. The lowest BCUT2D eigenvalue weighted by Gasteiger charge is -2.34. The highest BCUT2D eigenvalue weighted by Gasteiger charge is 2.35. The summed E-state index contributed by atoms with van der Waals surface area (Å²) in [5.74, 6) is -0.0849. The van der Waals surface area contributed by atoms with Crippen molar-refractivity contribution in [2.24, 2.45) is 0 Å². The van der Waals surface area contributed by atoms with Crippen molar-refractivity contribution < 1.29 is 13.2 Å². The predicted octanol–water partition coefficient (Wildman–Crippen LogP) is 4.97. The average molecular weight is 388 g/mol. The molecule has 0 N–H and O–H groups in total. The largest absolute Gasteiger partial charge is 0.434 e. The summed E-state index contributed by atoms with van der Waals surface area (Å²) >= 11 is 1.06. The number of piperidine rings is 1. The second kappa shape index (κ2) is 6.82. The standard InChI is InChI=1S/C19H15F3N4S/c20-19(21,22)16-11-27-18(25-16)12-4-3-7-26(10-12)17-13(8-23)9-24-15-6-2-1-5-14(15)17/h1-2,5-6,9,11-12H,3-4,7,10H2. The Morgan fingerprint density at radius 1 is 1.26 bits per heavy atom. The molecule has 0 aliphatic carbocycles. The lowest BCUT2D eigenvalue weighted by Crippen LogP contribution is -2.35. The molecule has 1 aliphatic rings. The number of rotatable bonds is 2. The molecule has 4 nitrogen and oxygen atoms in total. The minimum atomic E-state index is -4.42. The van der Waals surface area contributed by atoms with Gasteiger partial charge in [-0.15, -0.1) is 11.3 Å². The smallest absolute Gasteiger partial charge is 0.369 e. The third-order valence-corrected chi connectivity index (χ3v) is 5.77. The van der Waals surface area contributed by atoms with Crippen molar-refractivity contribution in [3.63, 3.8) is 0 Å². The van der Waals surface area contributed by atoms with E-state index < -0.39 is 11.9 Å². The fourth-order valence-electron chi connectivity index (χ4n) is 3.54. The number of para-hydroxylation sites is 1. The van der Waals surface area contributed by atoms with Crippen molar-refractivity contribution in [3.05, 3.63) is 52.1 Å². The van der Waals surface area contributed by atoms with Crippen molar-refractivity contribution in [2.75, 3.05) is 18.0 Å². The Bertz CT molecular complexity index is 1020. The molecule has 1 fully saturated rings. The third kappa shape index (κ3) is 3.35.